The van der Waals surface area contributed by atoms with E-state index in [4.69, 9.17) is 0 Å². The molecule has 0 spiro atoms. The normalized spacial score (nSPS) is 10.6. The number of nitrogens with zero attached hydrogens (tertiary/aromatic N) is 1. The number of rotatable bonds is 2. The molecule has 0 aromatic carbocycles. The number of allylic oxidation sites excluding steroid dienone is 2. The van der Waals surface area contributed by atoms with Gasteiger partial charge in [-0.3, -0.25) is 4.79 Å². The van der Waals surface area contributed by atoms with E-state index in [-0.39, 0.29) is 5.56 Å². The predicted molar refractivity (Wildman–Crippen MR) is 45.5 cm³/mol. The first-order valence-electron chi connectivity index (χ1n) is 3.61. The summed E-state index contributed by atoms with van der Waals surface area (Å²) in [6.45, 7) is 2.60. The summed E-state index contributed by atoms with van der Waals surface area (Å²) in [6.07, 6.45) is 5.66. The van der Waals surface area contributed by atoms with Crippen molar-refractivity contribution >= 4 is 0 Å². The Bertz CT molecular complexity index is 298. The van der Waals surface area contributed by atoms with Crippen molar-refractivity contribution in [3.05, 3.63) is 46.9 Å². The summed E-state index contributed by atoms with van der Waals surface area (Å²) in [5, 5.41) is 0. The van der Waals surface area contributed by atoms with Crippen LogP contribution < -0.4 is 5.56 Å². The van der Waals surface area contributed by atoms with Gasteiger partial charge in [0.1, 0.15) is 0 Å². The van der Waals surface area contributed by atoms with Gasteiger partial charge in [0.25, 0.3) is 5.56 Å². The average molecular weight is 149 g/mol. The fraction of sp³-hybridized carbons (Fsp3) is 0.222. The maximum Gasteiger partial charge on any atom is 0.250 e. The topological polar surface area (TPSA) is 22.0 Å². The largest absolute Gasteiger partial charge is 0.312 e. The zero-order valence-electron chi connectivity index (χ0n) is 6.53. The van der Waals surface area contributed by atoms with Gasteiger partial charge in [-0.15, -0.1) is 0 Å². The van der Waals surface area contributed by atoms with Crippen molar-refractivity contribution in [2.75, 3.05) is 0 Å². The highest BCUT2D eigenvalue weighted by molar-refractivity contribution is 4.94. The highest BCUT2D eigenvalue weighted by atomic mass is 16.1. The molecule has 2 heteroatoms. The van der Waals surface area contributed by atoms with E-state index >= 15 is 0 Å². The van der Waals surface area contributed by atoms with Crippen LogP contribution in [0.4, 0.5) is 0 Å². The summed E-state index contributed by atoms with van der Waals surface area (Å²) >= 11 is 0. The molecule has 0 fully saturated rings. The molecule has 0 aliphatic carbocycles. The standard InChI is InChI=1S/C9H11NO/c1-2-3-7-10-8-5-4-6-9(10)11/h2-6,8H,7H2,1H3/b3-2+. The van der Waals surface area contributed by atoms with Crippen LogP contribution in [0.25, 0.3) is 0 Å². The van der Waals surface area contributed by atoms with Gasteiger partial charge in [0.05, 0.1) is 0 Å². The SMILES string of the molecule is C/C=C/Cn1ccccc1=O. The van der Waals surface area contributed by atoms with Crippen molar-refractivity contribution < 1.29 is 0 Å². The monoisotopic (exact) mass is 149 g/mol. The van der Waals surface area contributed by atoms with Gasteiger partial charge >= 0.3 is 0 Å². The van der Waals surface area contributed by atoms with Gasteiger partial charge in [-0.1, -0.05) is 18.2 Å². The van der Waals surface area contributed by atoms with E-state index in [1.807, 2.05) is 25.1 Å². The molecular formula is C9H11NO. The third-order valence-corrected chi connectivity index (χ3v) is 1.44. The van der Waals surface area contributed by atoms with Gasteiger partial charge in [-0.25, -0.2) is 0 Å². The van der Waals surface area contributed by atoms with Crippen LogP contribution in [0.2, 0.25) is 0 Å². The van der Waals surface area contributed by atoms with Crippen LogP contribution in [0.1, 0.15) is 6.92 Å². The zero-order chi connectivity index (χ0) is 8.10. The van der Waals surface area contributed by atoms with Crippen LogP contribution in [-0.2, 0) is 6.54 Å². The van der Waals surface area contributed by atoms with Gasteiger partial charge in [0, 0.05) is 18.8 Å². The number of hydrogen-bond donors (Lipinski definition) is 0. The highest BCUT2D eigenvalue weighted by Crippen LogP contribution is 1.82. The summed E-state index contributed by atoms with van der Waals surface area (Å²) in [6, 6.07) is 5.16. The first-order valence-corrected chi connectivity index (χ1v) is 3.61. The quantitative estimate of drug-likeness (QED) is 0.583. The lowest BCUT2D eigenvalue weighted by Gasteiger charge is -1.97. The smallest absolute Gasteiger partial charge is 0.250 e. The van der Waals surface area contributed by atoms with Gasteiger partial charge in [0.15, 0.2) is 0 Å². The first kappa shape index (κ1) is 7.79. The highest BCUT2D eigenvalue weighted by Gasteiger charge is 1.87. The molecule has 0 aliphatic rings. The summed E-state index contributed by atoms with van der Waals surface area (Å²) in [7, 11) is 0. The Morgan fingerprint density at radius 3 is 3.00 bits per heavy atom. The summed E-state index contributed by atoms with van der Waals surface area (Å²) in [5.74, 6) is 0. The van der Waals surface area contributed by atoms with Crippen LogP contribution in [0.3, 0.4) is 0 Å². The molecule has 0 saturated heterocycles. The van der Waals surface area contributed by atoms with Crippen LogP contribution in [0.5, 0.6) is 0 Å². The van der Waals surface area contributed by atoms with E-state index in [1.165, 1.54) is 0 Å². The molecule has 11 heavy (non-hydrogen) atoms. The fourth-order valence-corrected chi connectivity index (χ4v) is 0.830. The van der Waals surface area contributed by atoms with Crippen molar-refractivity contribution in [2.45, 2.75) is 13.5 Å². The summed E-state index contributed by atoms with van der Waals surface area (Å²) in [5.41, 5.74) is 0.0469. The molecule has 2 nitrogen and oxygen atoms in total. The molecule has 0 radical (unpaired) electrons. The van der Waals surface area contributed by atoms with E-state index in [2.05, 4.69) is 0 Å². The van der Waals surface area contributed by atoms with E-state index in [0.29, 0.717) is 6.54 Å². The molecule has 58 valence electrons. The zero-order valence-corrected chi connectivity index (χ0v) is 6.53. The van der Waals surface area contributed by atoms with Gasteiger partial charge in [-0.05, 0) is 13.0 Å². The minimum atomic E-state index is 0.0469. The Kier molecular flexibility index (Phi) is 2.66. The second-order valence-electron chi connectivity index (χ2n) is 2.26. The number of pyridine rings is 1. The molecule has 0 amide bonds. The lowest BCUT2D eigenvalue weighted by molar-refractivity contribution is 0.778. The van der Waals surface area contributed by atoms with Crippen molar-refractivity contribution in [1.82, 2.24) is 4.57 Å². The van der Waals surface area contributed by atoms with Crippen molar-refractivity contribution in [1.29, 1.82) is 0 Å². The van der Waals surface area contributed by atoms with Crippen molar-refractivity contribution in [3.63, 3.8) is 0 Å². The Hall–Kier alpha value is -1.31. The average Bonchev–Trinajstić information content (AvgIpc) is 2.03. The minimum Gasteiger partial charge on any atom is -0.312 e. The Labute approximate surface area is 65.8 Å². The number of aromatic nitrogens is 1. The molecule has 0 bridgehead atoms. The van der Waals surface area contributed by atoms with Gasteiger partial charge < -0.3 is 4.57 Å². The third kappa shape index (κ3) is 2.08. The van der Waals surface area contributed by atoms with E-state index in [9.17, 15) is 4.79 Å². The van der Waals surface area contributed by atoms with Crippen LogP contribution in [-0.4, -0.2) is 4.57 Å². The predicted octanol–water partition coefficient (Wildman–Crippen LogP) is 1.42. The number of hydrogen-bond acceptors (Lipinski definition) is 1. The third-order valence-electron chi connectivity index (χ3n) is 1.44. The first-order chi connectivity index (χ1) is 5.34. The Morgan fingerprint density at radius 1 is 1.55 bits per heavy atom. The van der Waals surface area contributed by atoms with Crippen LogP contribution in [0, 0.1) is 0 Å². The lowest BCUT2D eigenvalue weighted by atomic mass is 10.4. The maximum atomic E-state index is 11.1. The molecule has 1 heterocycles. The fourth-order valence-electron chi connectivity index (χ4n) is 0.830. The van der Waals surface area contributed by atoms with Crippen molar-refractivity contribution in [2.24, 2.45) is 0 Å². The van der Waals surface area contributed by atoms with Gasteiger partial charge in [-0.2, -0.15) is 0 Å². The van der Waals surface area contributed by atoms with E-state index in [1.54, 1.807) is 22.9 Å². The molecule has 1 rings (SSSR count). The Balaban J connectivity index is 2.86. The lowest BCUT2D eigenvalue weighted by Crippen LogP contribution is -2.16. The van der Waals surface area contributed by atoms with Gasteiger partial charge in [0.2, 0.25) is 0 Å². The van der Waals surface area contributed by atoms with E-state index in [0.717, 1.165) is 0 Å². The summed E-state index contributed by atoms with van der Waals surface area (Å²) in [4.78, 5) is 11.1. The van der Waals surface area contributed by atoms with E-state index < -0.39 is 0 Å². The Morgan fingerprint density at radius 2 is 2.36 bits per heavy atom. The molecule has 0 aliphatic heterocycles. The van der Waals surface area contributed by atoms with Crippen LogP contribution >= 0.6 is 0 Å². The summed E-state index contributed by atoms with van der Waals surface area (Å²) < 4.78 is 1.65. The molecule has 0 saturated carbocycles. The minimum absolute atomic E-state index is 0.0469. The van der Waals surface area contributed by atoms with Crippen molar-refractivity contribution in [3.8, 4) is 0 Å². The molecule has 0 atom stereocenters. The maximum absolute atomic E-state index is 11.1. The second kappa shape index (κ2) is 3.76. The molecular weight excluding hydrogens is 138 g/mol. The second-order valence-corrected chi connectivity index (χ2v) is 2.26. The molecule has 1 aromatic heterocycles. The molecule has 0 unspecified atom stereocenters. The molecule has 1 aromatic rings. The molecule has 0 N–H and O–H groups in total. The van der Waals surface area contributed by atoms with Crippen LogP contribution in [0.15, 0.2) is 41.3 Å².